The van der Waals surface area contributed by atoms with Gasteiger partial charge in [0.2, 0.25) is 5.66 Å². The summed E-state index contributed by atoms with van der Waals surface area (Å²) in [5.74, 6) is 0.372. The summed E-state index contributed by atoms with van der Waals surface area (Å²) in [7, 11) is 0. The average Bonchev–Trinajstić information content (AvgIpc) is 3.15. The maximum absolute atomic E-state index is 9.69. The second-order valence-electron chi connectivity index (χ2n) is 6.29. The van der Waals surface area contributed by atoms with Crippen LogP contribution >= 0.6 is 0 Å². The van der Waals surface area contributed by atoms with E-state index in [0.717, 1.165) is 22.5 Å². The first-order valence-electron chi connectivity index (χ1n) is 8.47. The van der Waals surface area contributed by atoms with Gasteiger partial charge in [-0.3, -0.25) is 5.32 Å². The fourth-order valence-corrected chi connectivity index (χ4v) is 3.11. The predicted molar refractivity (Wildman–Crippen MR) is 102 cm³/mol. The van der Waals surface area contributed by atoms with E-state index >= 15 is 0 Å². The number of hydrogen-bond donors (Lipinski definition) is 3. The third kappa shape index (κ3) is 3.12. The molecule has 0 spiro atoms. The minimum absolute atomic E-state index is 0.242. The molecule has 3 aromatic rings. The largest absolute Gasteiger partial charge is 0.385 e. The molecule has 0 aliphatic carbocycles. The summed E-state index contributed by atoms with van der Waals surface area (Å²) in [5.41, 5.74) is 8.01. The number of rotatable bonds is 4. The Bertz CT molecular complexity index is 1080. The summed E-state index contributed by atoms with van der Waals surface area (Å²) in [6.07, 6.45) is 6.50. The Morgan fingerprint density at radius 2 is 2.15 bits per heavy atom. The number of hydrogen-bond acceptors (Lipinski definition) is 7. The number of imidazole rings is 1. The summed E-state index contributed by atoms with van der Waals surface area (Å²) in [5, 5.41) is 20.5. The number of aliphatic imine (C=N–C) groups is 1. The van der Waals surface area contributed by atoms with Crippen LogP contribution in [0.4, 0.5) is 0 Å². The number of aromatic nitrogens is 3. The first kappa shape index (κ1) is 16.8. The minimum atomic E-state index is -1.25. The van der Waals surface area contributed by atoms with Crippen molar-refractivity contribution in [2.75, 3.05) is 0 Å². The summed E-state index contributed by atoms with van der Waals surface area (Å²) in [6, 6.07) is 13.8. The number of nitriles is 1. The second kappa shape index (κ2) is 6.55. The van der Waals surface area contributed by atoms with Crippen LogP contribution in [0.1, 0.15) is 18.5 Å². The van der Waals surface area contributed by atoms with Crippen LogP contribution in [0.3, 0.4) is 0 Å². The van der Waals surface area contributed by atoms with Crippen molar-refractivity contribution in [1.82, 2.24) is 25.2 Å². The van der Waals surface area contributed by atoms with Gasteiger partial charge in [-0.2, -0.15) is 10.4 Å². The van der Waals surface area contributed by atoms with Crippen LogP contribution in [0.15, 0.2) is 65.7 Å². The number of nitrogens with one attached hydrogen (secondary N) is 2. The van der Waals surface area contributed by atoms with Crippen molar-refractivity contribution in [2.45, 2.75) is 18.6 Å². The molecule has 134 valence electrons. The van der Waals surface area contributed by atoms with Crippen LogP contribution in [0.5, 0.6) is 0 Å². The maximum atomic E-state index is 9.69. The molecule has 27 heavy (non-hydrogen) atoms. The van der Waals surface area contributed by atoms with Gasteiger partial charge in [0.25, 0.3) is 0 Å². The van der Waals surface area contributed by atoms with Gasteiger partial charge in [0, 0.05) is 35.6 Å². The SMILES string of the molecule is CC(NC1(C#N)C=C(N)NC=N1)c1cc2nccn2nc1-c1ccccc1. The quantitative estimate of drug-likeness (QED) is 0.653. The topological polar surface area (TPSA) is 116 Å². The molecule has 2 unspecified atom stereocenters. The monoisotopic (exact) mass is 358 g/mol. The molecule has 2 aromatic heterocycles. The molecule has 3 heterocycles. The van der Waals surface area contributed by atoms with Crippen LogP contribution < -0.4 is 16.4 Å². The van der Waals surface area contributed by atoms with Crippen molar-refractivity contribution in [1.29, 1.82) is 5.26 Å². The Hall–Kier alpha value is -3.70. The van der Waals surface area contributed by atoms with Crippen LogP contribution in [-0.4, -0.2) is 26.6 Å². The fourth-order valence-electron chi connectivity index (χ4n) is 3.11. The van der Waals surface area contributed by atoms with E-state index in [0.29, 0.717) is 5.82 Å². The van der Waals surface area contributed by atoms with Crippen LogP contribution in [0, 0.1) is 11.3 Å². The van der Waals surface area contributed by atoms with Crippen molar-refractivity contribution in [3.8, 4) is 17.3 Å². The van der Waals surface area contributed by atoms with Gasteiger partial charge in [0.1, 0.15) is 11.9 Å². The van der Waals surface area contributed by atoms with Gasteiger partial charge in [-0.15, -0.1) is 0 Å². The lowest BCUT2D eigenvalue weighted by Crippen LogP contribution is -2.46. The van der Waals surface area contributed by atoms with Crippen molar-refractivity contribution in [3.63, 3.8) is 0 Å². The zero-order chi connectivity index (χ0) is 18.9. The molecule has 8 heteroatoms. The first-order valence-corrected chi connectivity index (χ1v) is 8.47. The highest BCUT2D eigenvalue weighted by Gasteiger charge is 2.31. The zero-order valence-corrected chi connectivity index (χ0v) is 14.7. The minimum Gasteiger partial charge on any atom is -0.385 e. The predicted octanol–water partition coefficient (Wildman–Crippen LogP) is 1.70. The molecule has 0 saturated heterocycles. The molecule has 1 aliphatic rings. The van der Waals surface area contributed by atoms with Crippen molar-refractivity contribution in [2.24, 2.45) is 10.7 Å². The molecule has 2 atom stereocenters. The Balaban J connectivity index is 1.79. The molecule has 0 radical (unpaired) electrons. The Morgan fingerprint density at radius 3 is 2.89 bits per heavy atom. The van der Waals surface area contributed by atoms with Gasteiger partial charge in [0.15, 0.2) is 5.65 Å². The van der Waals surface area contributed by atoms with Crippen molar-refractivity contribution >= 4 is 12.0 Å². The maximum Gasteiger partial charge on any atom is 0.223 e. The van der Waals surface area contributed by atoms with Crippen molar-refractivity contribution < 1.29 is 0 Å². The van der Waals surface area contributed by atoms with Crippen LogP contribution in [0.25, 0.3) is 16.9 Å². The number of nitrogens with two attached hydrogens (primary N) is 1. The Morgan fingerprint density at radius 1 is 1.33 bits per heavy atom. The van der Waals surface area contributed by atoms with E-state index in [1.54, 1.807) is 23.0 Å². The van der Waals surface area contributed by atoms with Gasteiger partial charge in [0.05, 0.1) is 12.0 Å². The molecule has 0 fully saturated rings. The Kier molecular flexibility index (Phi) is 4.06. The molecule has 8 nitrogen and oxygen atoms in total. The van der Waals surface area contributed by atoms with E-state index in [4.69, 9.17) is 10.8 Å². The molecule has 0 amide bonds. The summed E-state index contributed by atoms with van der Waals surface area (Å²) in [4.78, 5) is 8.57. The molecule has 1 aromatic carbocycles. The van der Waals surface area contributed by atoms with Crippen LogP contribution in [0.2, 0.25) is 0 Å². The number of benzene rings is 1. The highest BCUT2D eigenvalue weighted by Crippen LogP contribution is 2.29. The third-order valence-corrected chi connectivity index (χ3v) is 4.40. The summed E-state index contributed by atoms with van der Waals surface area (Å²) in [6.45, 7) is 1.96. The number of nitrogens with zero attached hydrogens (tertiary/aromatic N) is 5. The van der Waals surface area contributed by atoms with Gasteiger partial charge in [-0.1, -0.05) is 30.3 Å². The second-order valence-corrected chi connectivity index (χ2v) is 6.29. The highest BCUT2D eigenvalue weighted by atomic mass is 15.3. The molecule has 1 aliphatic heterocycles. The molecule has 0 bridgehead atoms. The summed E-state index contributed by atoms with van der Waals surface area (Å²) >= 11 is 0. The molecule has 4 rings (SSSR count). The summed E-state index contributed by atoms with van der Waals surface area (Å²) < 4.78 is 1.74. The number of fused-ring (bicyclic) bond motifs is 1. The molecule has 4 N–H and O–H groups in total. The van der Waals surface area contributed by atoms with Gasteiger partial charge >= 0.3 is 0 Å². The third-order valence-electron chi connectivity index (χ3n) is 4.40. The normalized spacial score (nSPS) is 19.9. The fraction of sp³-hybridized carbons (Fsp3) is 0.158. The molecular weight excluding hydrogens is 340 g/mol. The van der Waals surface area contributed by atoms with E-state index in [9.17, 15) is 5.26 Å². The molecular formula is C19H18N8. The van der Waals surface area contributed by atoms with Gasteiger partial charge in [-0.25, -0.2) is 14.5 Å². The average molecular weight is 358 g/mol. The van der Waals surface area contributed by atoms with E-state index in [1.165, 1.54) is 6.34 Å². The molecule has 0 saturated carbocycles. The first-order chi connectivity index (χ1) is 13.1. The highest BCUT2D eigenvalue weighted by molar-refractivity contribution is 5.66. The van der Waals surface area contributed by atoms with Crippen molar-refractivity contribution in [3.05, 3.63) is 66.3 Å². The smallest absolute Gasteiger partial charge is 0.223 e. The van der Waals surface area contributed by atoms with Crippen LogP contribution in [-0.2, 0) is 0 Å². The zero-order valence-electron chi connectivity index (χ0n) is 14.7. The Labute approximate surface area is 156 Å². The van der Waals surface area contributed by atoms with Gasteiger partial charge < -0.3 is 11.1 Å². The van der Waals surface area contributed by atoms with E-state index in [1.807, 2.05) is 43.3 Å². The van der Waals surface area contributed by atoms with Gasteiger partial charge in [-0.05, 0) is 13.0 Å². The van der Waals surface area contributed by atoms with E-state index in [-0.39, 0.29) is 6.04 Å². The standard InChI is InChI=1S/C19H18N8/c1-13(25-19(11-20)10-16(21)23-12-24-19)15-9-17-22-7-8-27(17)26-18(15)14-5-3-2-4-6-14/h2-10,12-13,25H,21H2,1H3,(H,23,24). The van der Waals surface area contributed by atoms with E-state index in [2.05, 4.69) is 26.7 Å². The lowest BCUT2D eigenvalue weighted by Gasteiger charge is -2.28. The lowest BCUT2D eigenvalue weighted by atomic mass is 9.99. The van der Waals surface area contributed by atoms with E-state index < -0.39 is 5.66 Å². The lowest BCUT2D eigenvalue weighted by molar-refractivity contribution is 0.443.